The van der Waals surface area contributed by atoms with E-state index in [2.05, 4.69) is 24.6 Å². The van der Waals surface area contributed by atoms with Crippen LogP contribution in [0.15, 0.2) is 24.4 Å². The van der Waals surface area contributed by atoms with Crippen LogP contribution in [-0.4, -0.2) is 30.3 Å². The third kappa shape index (κ3) is 3.25. The van der Waals surface area contributed by atoms with E-state index in [0.29, 0.717) is 19.1 Å². The molecule has 0 saturated heterocycles. The number of methoxy groups -OCH3 is 1. The maximum absolute atomic E-state index is 11.8. The van der Waals surface area contributed by atoms with Crippen molar-refractivity contribution in [3.63, 3.8) is 0 Å². The van der Waals surface area contributed by atoms with Gasteiger partial charge in [-0.3, -0.25) is 4.79 Å². The van der Waals surface area contributed by atoms with Crippen molar-refractivity contribution in [2.24, 2.45) is 5.73 Å². The van der Waals surface area contributed by atoms with Crippen molar-refractivity contribution in [2.45, 2.75) is 39.3 Å². The molecule has 0 aliphatic carbocycles. The second kappa shape index (κ2) is 6.83. The number of carbonyl (C=O) groups is 1. The summed E-state index contributed by atoms with van der Waals surface area (Å²) in [5.74, 6) is 0.427. The number of nitrogens with two attached hydrogens (primary N) is 1. The molecule has 1 unspecified atom stereocenters. The monoisotopic (exact) mass is 304 g/mol. The molecule has 2 rings (SSSR count). The summed E-state index contributed by atoms with van der Waals surface area (Å²) in [6.45, 7) is 6.37. The quantitative estimate of drug-likeness (QED) is 0.833. The minimum absolute atomic E-state index is 0.323. The minimum Gasteiger partial charge on any atom is -0.497 e. The van der Waals surface area contributed by atoms with E-state index in [1.54, 1.807) is 14.0 Å². The van der Waals surface area contributed by atoms with Gasteiger partial charge in [-0.05, 0) is 44.5 Å². The first-order valence-corrected chi connectivity index (χ1v) is 7.57. The number of hydrogen-bond acceptors (Lipinski definition) is 4. The molecule has 120 valence electrons. The van der Waals surface area contributed by atoms with Gasteiger partial charge in [-0.25, -0.2) is 0 Å². The highest BCUT2D eigenvalue weighted by molar-refractivity contribution is 5.86. The summed E-state index contributed by atoms with van der Waals surface area (Å²) in [6.07, 6.45) is 2.51. The van der Waals surface area contributed by atoms with Gasteiger partial charge in [-0.2, -0.15) is 0 Å². The Hall–Kier alpha value is -2.01. The first-order valence-electron chi connectivity index (χ1n) is 7.57. The summed E-state index contributed by atoms with van der Waals surface area (Å²) < 4.78 is 12.5. The maximum Gasteiger partial charge on any atom is 0.323 e. The van der Waals surface area contributed by atoms with E-state index in [1.165, 1.54) is 0 Å². The summed E-state index contributed by atoms with van der Waals surface area (Å²) in [4.78, 5) is 11.8. The Morgan fingerprint density at radius 3 is 2.68 bits per heavy atom. The van der Waals surface area contributed by atoms with Crippen LogP contribution in [0.25, 0.3) is 10.9 Å². The standard InChI is InChI=1S/C17H24N2O3/c1-5-22-17(20)15(18)8-12-10-19(11(2)3)16-7-6-13(21-4)9-14(12)16/h6-7,9-11,15H,5,8,18H2,1-4H3. The maximum atomic E-state index is 11.8. The molecule has 22 heavy (non-hydrogen) atoms. The van der Waals surface area contributed by atoms with Gasteiger partial charge in [0.2, 0.25) is 0 Å². The third-order valence-electron chi connectivity index (χ3n) is 3.71. The normalized spacial score (nSPS) is 12.6. The SMILES string of the molecule is CCOC(=O)C(N)Cc1cn(C(C)C)c2ccc(OC)cc12. The van der Waals surface area contributed by atoms with Crippen LogP contribution in [0.4, 0.5) is 0 Å². The van der Waals surface area contributed by atoms with Crippen molar-refractivity contribution < 1.29 is 14.3 Å². The van der Waals surface area contributed by atoms with Crippen LogP contribution in [0, 0.1) is 0 Å². The smallest absolute Gasteiger partial charge is 0.323 e. The van der Waals surface area contributed by atoms with Crippen molar-refractivity contribution in [3.05, 3.63) is 30.0 Å². The number of fused-ring (bicyclic) bond motifs is 1. The van der Waals surface area contributed by atoms with E-state index in [0.717, 1.165) is 22.2 Å². The average Bonchev–Trinajstić information content (AvgIpc) is 2.85. The lowest BCUT2D eigenvalue weighted by atomic mass is 10.1. The van der Waals surface area contributed by atoms with Crippen molar-refractivity contribution >= 4 is 16.9 Å². The Kier molecular flexibility index (Phi) is 5.08. The zero-order valence-electron chi connectivity index (χ0n) is 13.6. The molecule has 1 atom stereocenters. The Morgan fingerprint density at radius 1 is 1.36 bits per heavy atom. The third-order valence-corrected chi connectivity index (χ3v) is 3.71. The molecule has 5 nitrogen and oxygen atoms in total. The number of rotatable bonds is 6. The Labute approximate surface area is 131 Å². The Balaban J connectivity index is 2.41. The molecule has 0 aliphatic rings. The number of ether oxygens (including phenoxy) is 2. The summed E-state index contributed by atoms with van der Waals surface area (Å²) in [7, 11) is 1.64. The van der Waals surface area contributed by atoms with Crippen LogP contribution in [0.5, 0.6) is 5.75 Å². The van der Waals surface area contributed by atoms with Crippen molar-refractivity contribution in [1.82, 2.24) is 4.57 Å². The molecule has 1 aromatic heterocycles. The fourth-order valence-corrected chi connectivity index (χ4v) is 2.59. The van der Waals surface area contributed by atoms with E-state index in [-0.39, 0.29) is 5.97 Å². The lowest BCUT2D eigenvalue weighted by Gasteiger charge is -2.10. The highest BCUT2D eigenvalue weighted by atomic mass is 16.5. The number of aromatic nitrogens is 1. The van der Waals surface area contributed by atoms with Gasteiger partial charge in [-0.1, -0.05) is 0 Å². The van der Waals surface area contributed by atoms with Gasteiger partial charge in [0.25, 0.3) is 0 Å². The fourth-order valence-electron chi connectivity index (χ4n) is 2.59. The van der Waals surface area contributed by atoms with E-state index in [4.69, 9.17) is 15.2 Å². The molecule has 0 spiro atoms. The number of carbonyl (C=O) groups excluding carboxylic acids is 1. The summed E-state index contributed by atoms with van der Waals surface area (Å²) in [6, 6.07) is 5.63. The molecule has 2 aromatic rings. The predicted molar refractivity (Wildman–Crippen MR) is 87.2 cm³/mol. The summed E-state index contributed by atoms with van der Waals surface area (Å²) >= 11 is 0. The van der Waals surface area contributed by atoms with Gasteiger partial charge in [0.15, 0.2) is 0 Å². The largest absolute Gasteiger partial charge is 0.497 e. The number of hydrogen-bond donors (Lipinski definition) is 1. The topological polar surface area (TPSA) is 66.5 Å². The van der Waals surface area contributed by atoms with E-state index < -0.39 is 6.04 Å². The first-order chi connectivity index (χ1) is 10.5. The first kappa shape index (κ1) is 16.4. The summed E-state index contributed by atoms with van der Waals surface area (Å²) in [5, 5.41) is 1.06. The van der Waals surface area contributed by atoms with Crippen LogP contribution in [0.3, 0.4) is 0 Å². The molecule has 2 N–H and O–H groups in total. The second-order valence-corrected chi connectivity index (χ2v) is 5.60. The molecule has 1 aromatic carbocycles. The van der Waals surface area contributed by atoms with Crippen molar-refractivity contribution in [1.29, 1.82) is 0 Å². The van der Waals surface area contributed by atoms with Crippen LogP contribution in [0.1, 0.15) is 32.4 Å². The number of nitrogens with zero attached hydrogens (tertiary/aromatic N) is 1. The molecule has 0 fully saturated rings. The average molecular weight is 304 g/mol. The fraction of sp³-hybridized carbons (Fsp3) is 0.471. The summed E-state index contributed by atoms with van der Waals surface area (Å²) in [5.41, 5.74) is 8.11. The van der Waals surface area contributed by atoms with Crippen LogP contribution < -0.4 is 10.5 Å². The zero-order chi connectivity index (χ0) is 16.3. The predicted octanol–water partition coefficient (Wildman–Crippen LogP) is 2.66. The molecular formula is C17H24N2O3. The second-order valence-electron chi connectivity index (χ2n) is 5.60. The van der Waals surface area contributed by atoms with Crippen LogP contribution in [0.2, 0.25) is 0 Å². The molecule has 1 heterocycles. The van der Waals surface area contributed by atoms with E-state index >= 15 is 0 Å². The van der Waals surface area contributed by atoms with Gasteiger partial charge in [0, 0.05) is 29.6 Å². The molecule has 0 radical (unpaired) electrons. The van der Waals surface area contributed by atoms with Gasteiger partial charge < -0.3 is 19.8 Å². The number of esters is 1. The lowest BCUT2D eigenvalue weighted by Crippen LogP contribution is -2.34. The molecule has 0 aliphatic heterocycles. The Bertz CT molecular complexity index is 661. The molecule has 0 amide bonds. The van der Waals surface area contributed by atoms with Gasteiger partial charge in [0.1, 0.15) is 11.8 Å². The molecule has 0 bridgehead atoms. The van der Waals surface area contributed by atoms with E-state index in [9.17, 15) is 4.79 Å². The van der Waals surface area contributed by atoms with Gasteiger partial charge >= 0.3 is 5.97 Å². The lowest BCUT2D eigenvalue weighted by molar-refractivity contribution is -0.144. The zero-order valence-corrected chi connectivity index (χ0v) is 13.6. The number of benzene rings is 1. The van der Waals surface area contributed by atoms with Gasteiger partial charge in [-0.15, -0.1) is 0 Å². The highest BCUT2D eigenvalue weighted by Gasteiger charge is 2.19. The highest BCUT2D eigenvalue weighted by Crippen LogP contribution is 2.29. The van der Waals surface area contributed by atoms with Crippen LogP contribution in [-0.2, 0) is 16.0 Å². The van der Waals surface area contributed by atoms with E-state index in [1.807, 2.05) is 18.2 Å². The molecule has 5 heteroatoms. The van der Waals surface area contributed by atoms with Gasteiger partial charge in [0.05, 0.1) is 13.7 Å². The van der Waals surface area contributed by atoms with Crippen molar-refractivity contribution in [2.75, 3.05) is 13.7 Å². The van der Waals surface area contributed by atoms with Crippen molar-refractivity contribution in [3.8, 4) is 5.75 Å². The molecular weight excluding hydrogens is 280 g/mol. The molecule has 0 saturated carbocycles. The minimum atomic E-state index is -0.655. The Morgan fingerprint density at radius 2 is 2.09 bits per heavy atom. The van der Waals surface area contributed by atoms with Crippen LogP contribution >= 0.6 is 0 Å².